The van der Waals surface area contributed by atoms with Crippen molar-refractivity contribution in [1.82, 2.24) is 4.31 Å². The second-order valence-corrected chi connectivity index (χ2v) is 8.06. The Morgan fingerprint density at radius 2 is 1.70 bits per heavy atom. The minimum absolute atomic E-state index is 0.0363. The van der Waals surface area contributed by atoms with Crippen molar-refractivity contribution >= 4 is 44.8 Å². The van der Waals surface area contributed by atoms with Crippen molar-refractivity contribution in [3.8, 4) is 0 Å². The summed E-state index contributed by atoms with van der Waals surface area (Å²) in [5, 5.41) is 0.468. The van der Waals surface area contributed by atoms with Crippen LogP contribution in [0.3, 0.4) is 0 Å². The lowest BCUT2D eigenvalue weighted by atomic mass is 10.1. The molecule has 7 heteroatoms. The Morgan fingerprint density at radius 3 is 2.15 bits per heavy atom. The van der Waals surface area contributed by atoms with Gasteiger partial charge in [0.25, 0.3) is 0 Å². The van der Waals surface area contributed by atoms with E-state index in [0.29, 0.717) is 10.6 Å². The van der Waals surface area contributed by atoms with Gasteiger partial charge >= 0.3 is 0 Å². The van der Waals surface area contributed by atoms with Crippen molar-refractivity contribution in [3.63, 3.8) is 0 Å². The van der Waals surface area contributed by atoms with Crippen molar-refractivity contribution in [3.05, 3.63) is 27.7 Å². The summed E-state index contributed by atoms with van der Waals surface area (Å²) < 4.78 is 26.6. The zero-order valence-corrected chi connectivity index (χ0v) is 14.9. The molecular weight excluding hydrogens is 341 g/mol. The van der Waals surface area contributed by atoms with Crippen LogP contribution in [0.2, 0.25) is 10.0 Å². The van der Waals surface area contributed by atoms with E-state index in [1.807, 2.05) is 20.8 Å². The van der Waals surface area contributed by atoms with E-state index < -0.39 is 10.0 Å². The fourth-order valence-electron chi connectivity index (χ4n) is 1.67. The molecule has 1 aromatic carbocycles. The minimum atomic E-state index is -3.68. The molecule has 0 aliphatic carbocycles. The third kappa shape index (κ3) is 3.60. The lowest BCUT2D eigenvalue weighted by Gasteiger charge is -2.27. The monoisotopic (exact) mass is 357 g/mol. The molecule has 0 saturated heterocycles. The first-order chi connectivity index (χ1) is 9.12. The summed E-state index contributed by atoms with van der Waals surface area (Å²) in [6, 6.07) is 2.71. The Kier molecular flexibility index (Phi) is 6.17. The number of alkyl halides is 1. The Bertz CT molecular complexity index is 588. The van der Waals surface area contributed by atoms with Crippen molar-refractivity contribution in [2.75, 3.05) is 7.05 Å². The van der Waals surface area contributed by atoms with Gasteiger partial charge in [-0.05, 0) is 30.5 Å². The number of benzene rings is 1. The molecule has 1 unspecified atom stereocenters. The summed E-state index contributed by atoms with van der Waals surface area (Å²) in [4.78, 5) is 0.0363. The van der Waals surface area contributed by atoms with Gasteiger partial charge in [-0.25, -0.2) is 8.42 Å². The van der Waals surface area contributed by atoms with E-state index in [2.05, 4.69) is 0 Å². The first-order valence-corrected chi connectivity index (χ1v) is 8.87. The molecule has 114 valence electrons. The van der Waals surface area contributed by atoms with Gasteiger partial charge < -0.3 is 0 Å². The van der Waals surface area contributed by atoms with E-state index in [1.54, 1.807) is 7.05 Å². The van der Waals surface area contributed by atoms with Gasteiger partial charge in [0, 0.05) is 24.0 Å². The van der Waals surface area contributed by atoms with Crippen LogP contribution in [0.1, 0.15) is 26.3 Å². The van der Waals surface area contributed by atoms with E-state index >= 15 is 0 Å². The number of halogens is 3. The molecule has 0 heterocycles. The molecule has 0 saturated carbocycles. The van der Waals surface area contributed by atoms with Crippen LogP contribution >= 0.6 is 34.8 Å². The molecule has 0 spiro atoms. The summed E-state index contributed by atoms with van der Waals surface area (Å²) in [7, 11) is -2.13. The number of nitrogens with zero attached hydrogens (tertiary/aromatic N) is 1. The highest BCUT2D eigenvalue weighted by Crippen LogP contribution is 2.32. The van der Waals surface area contributed by atoms with E-state index in [0.717, 1.165) is 0 Å². The highest BCUT2D eigenvalue weighted by molar-refractivity contribution is 7.89. The number of hydrogen-bond donors (Lipinski definition) is 0. The van der Waals surface area contributed by atoms with Gasteiger partial charge in [-0.15, -0.1) is 11.6 Å². The zero-order valence-electron chi connectivity index (χ0n) is 11.8. The zero-order chi connectivity index (χ0) is 15.7. The van der Waals surface area contributed by atoms with Gasteiger partial charge in [-0.3, -0.25) is 0 Å². The number of rotatable bonds is 5. The smallest absolute Gasteiger partial charge is 0.207 e. The average Bonchev–Trinajstić information content (AvgIpc) is 2.36. The van der Waals surface area contributed by atoms with Gasteiger partial charge in [-0.1, -0.05) is 37.0 Å². The quantitative estimate of drug-likeness (QED) is 0.732. The molecular formula is C13H18Cl3NO2S. The van der Waals surface area contributed by atoms with E-state index in [-0.39, 0.29) is 27.8 Å². The van der Waals surface area contributed by atoms with E-state index in [9.17, 15) is 8.42 Å². The van der Waals surface area contributed by atoms with Crippen molar-refractivity contribution in [2.45, 2.75) is 37.6 Å². The largest absolute Gasteiger partial charge is 0.244 e. The van der Waals surface area contributed by atoms with Gasteiger partial charge in [0.15, 0.2) is 0 Å². The summed E-state index contributed by atoms with van der Waals surface area (Å²) >= 11 is 17.8. The third-order valence-corrected chi connectivity index (χ3v) is 6.49. The van der Waals surface area contributed by atoms with E-state index in [4.69, 9.17) is 34.8 Å². The standard InChI is InChI=1S/C13H18Cl3NO2S/c1-8(2)9(3)17(4)20(18,19)13-5-10(7-14)11(15)6-12(13)16/h5-6,8-9H,7H2,1-4H3. The Morgan fingerprint density at radius 1 is 1.15 bits per heavy atom. The first-order valence-electron chi connectivity index (χ1n) is 6.14. The van der Waals surface area contributed by atoms with Crippen LogP contribution in [0, 0.1) is 5.92 Å². The highest BCUT2D eigenvalue weighted by Gasteiger charge is 2.29. The van der Waals surface area contributed by atoms with Gasteiger partial charge in [0.05, 0.1) is 5.02 Å². The molecule has 1 aromatic rings. The molecule has 3 nitrogen and oxygen atoms in total. The summed E-state index contributed by atoms with van der Waals surface area (Å²) in [5.41, 5.74) is 0.543. The van der Waals surface area contributed by atoms with Crippen molar-refractivity contribution in [2.24, 2.45) is 5.92 Å². The Labute approximate surface area is 135 Å². The molecule has 0 N–H and O–H groups in total. The predicted molar refractivity (Wildman–Crippen MR) is 85.3 cm³/mol. The van der Waals surface area contributed by atoms with Crippen LogP contribution < -0.4 is 0 Å². The lowest BCUT2D eigenvalue weighted by molar-refractivity contribution is 0.316. The van der Waals surface area contributed by atoms with Crippen LogP contribution in [0.4, 0.5) is 0 Å². The molecule has 20 heavy (non-hydrogen) atoms. The van der Waals surface area contributed by atoms with Crippen molar-refractivity contribution < 1.29 is 8.42 Å². The second-order valence-electron chi connectivity index (χ2n) is 5.01. The maximum Gasteiger partial charge on any atom is 0.244 e. The fraction of sp³-hybridized carbons (Fsp3) is 0.538. The first kappa shape index (κ1) is 18.1. The molecule has 0 bridgehead atoms. The molecule has 1 atom stereocenters. The topological polar surface area (TPSA) is 37.4 Å². The van der Waals surface area contributed by atoms with E-state index in [1.165, 1.54) is 16.4 Å². The maximum atomic E-state index is 12.6. The lowest BCUT2D eigenvalue weighted by Crippen LogP contribution is -2.38. The molecule has 1 rings (SSSR count). The summed E-state index contributed by atoms with van der Waals surface area (Å²) in [5.74, 6) is 0.315. The van der Waals surface area contributed by atoms with Gasteiger partial charge in [0.2, 0.25) is 10.0 Å². The molecule has 0 aromatic heterocycles. The van der Waals surface area contributed by atoms with Crippen LogP contribution in [0.15, 0.2) is 17.0 Å². The number of hydrogen-bond acceptors (Lipinski definition) is 2. The van der Waals surface area contributed by atoms with Crippen molar-refractivity contribution in [1.29, 1.82) is 0 Å². The fourth-order valence-corrected chi connectivity index (χ4v) is 4.29. The van der Waals surface area contributed by atoms with Gasteiger partial charge in [0.1, 0.15) is 4.90 Å². The van der Waals surface area contributed by atoms with Crippen LogP contribution in [-0.4, -0.2) is 25.8 Å². The average molecular weight is 359 g/mol. The van der Waals surface area contributed by atoms with Crippen LogP contribution in [0.25, 0.3) is 0 Å². The summed E-state index contributed by atoms with van der Waals surface area (Å²) in [6.07, 6.45) is 0. The number of sulfonamides is 1. The van der Waals surface area contributed by atoms with Gasteiger partial charge in [-0.2, -0.15) is 4.31 Å². The predicted octanol–water partition coefficient (Wildman–Crippen LogP) is 4.40. The van der Waals surface area contributed by atoms with Crippen LogP contribution in [0.5, 0.6) is 0 Å². The molecule has 0 radical (unpaired) electrons. The molecule has 0 aliphatic rings. The molecule has 0 aliphatic heterocycles. The molecule has 0 fully saturated rings. The third-order valence-electron chi connectivity index (χ3n) is 3.44. The molecule has 0 amide bonds. The summed E-state index contributed by atoms with van der Waals surface area (Å²) in [6.45, 7) is 5.78. The minimum Gasteiger partial charge on any atom is -0.207 e. The second kappa shape index (κ2) is 6.84. The highest BCUT2D eigenvalue weighted by atomic mass is 35.5. The Balaban J connectivity index is 3.36. The maximum absolute atomic E-state index is 12.6. The normalized spacial score (nSPS) is 14.1. The Hall–Kier alpha value is -0.000000000000000111. The van der Waals surface area contributed by atoms with Crippen LogP contribution in [-0.2, 0) is 15.9 Å². The SMILES string of the molecule is CC(C)C(C)N(C)S(=O)(=O)c1cc(CCl)c(Cl)cc1Cl.